The zero-order valence-corrected chi connectivity index (χ0v) is 15.9. The summed E-state index contributed by atoms with van der Waals surface area (Å²) in [6, 6.07) is 9.76. The van der Waals surface area contributed by atoms with Crippen LogP contribution in [0.4, 0.5) is 5.82 Å². The molecule has 2 aromatic heterocycles. The van der Waals surface area contributed by atoms with E-state index in [9.17, 15) is 0 Å². The standard InChI is InChI=1S/C20H24N4O3/c1-13-9-19(21-12-15-5-4-8-27-15)24-20(22-13)11-16(23-24)14-6-7-17(25-2)18(10-14)26-3/h6-7,9-11,15,21H,4-5,8,12H2,1-3H3. The van der Waals surface area contributed by atoms with Crippen molar-refractivity contribution in [1.82, 2.24) is 14.6 Å². The topological polar surface area (TPSA) is 69.9 Å². The first-order chi connectivity index (χ1) is 13.2. The molecule has 7 nitrogen and oxygen atoms in total. The van der Waals surface area contributed by atoms with Gasteiger partial charge in [-0.25, -0.2) is 4.98 Å². The molecule has 1 aliphatic heterocycles. The van der Waals surface area contributed by atoms with Crippen molar-refractivity contribution in [2.75, 3.05) is 32.7 Å². The lowest BCUT2D eigenvalue weighted by Gasteiger charge is -2.13. The Morgan fingerprint density at radius 2 is 2.04 bits per heavy atom. The minimum absolute atomic E-state index is 0.259. The molecular weight excluding hydrogens is 344 g/mol. The van der Waals surface area contributed by atoms with E-state index in [1.54, 1.807) is 14.2 Å². The zero-order chi connectivity index (χ0) is 18.8. The van der Waals surface area contributed by atoms with Gasteiger partial charge in [0, 0.05) is 36.5 Å². The average Bonchev–Trinajstić information content (AvgIpc) is 3.35. The van der Waals surface area contributed by atoms with Crippen LogP contribution < -0.4 is 14.8 Å². The first-order valence-electron chi connectivity index (χ1n) is 9.13. The Kier molecular flexibility index (Phi) is 4.85. The van der Waals surface area contributed by atoms with E-state index >= 15 is 0 Å². The minimum atomic E-state index is 0.259. The maximum absolute atomic E-state index is 5.71. The van der Waals surface area contributed by atoms with Crippen LogP contribution in [-0.4, -0.2) is 48.1 Å². The third kappa shape index (κ3) is 3.55. The first kappa shape index (κ1) is 17.6. The van der Waals surface area contributed by atoms with Crippen molar-refractivity contribution in [3.05, 3.63) is 36.0 Å². The molecular formula is C20H24N4O3. The van der Waals surface area contributed by atoms with Crippen LogP contribution in [0.25, 0.3) is 16.9 Å². The van der Waals surface area contributed by atoms with Gasteiger partial charge in [-0.15, -0.1) is 0 Å². The fourth-order valence-corrected chi connectivity index (χ4v) is 3.39. The van der Waals surface area contributed by atoms with Crippen LogP contribution in [-0.2, 0) is 4.74 Å². The summed E-state index contributed by atoms with van der Waals surface area (Å²) in [4.78, 5) is 4.61. The van der Waals surface area contributed by atoms with E-state index in [0.29, 0.717) is 11.5 Å². The molecule has 1 atom stereocenters. The largest absolute Gasteiger partial charge is 0.493 e. The molecule has 3 aromatic rings. The van der Waals surface area contributed by atoms with Crippen molar-refractivity contribution in [3.8, 4) is 22.8 Å². The highest BCUT2D eigenvalue weighted by Crippen LogP contribution is 2.32. The molecule has 27 heavy (non-hydrogen) atoms. The zero-order valence-electron chi connectivity index (χ0n) is 15.9. The second kappa shape index (κ2) is 7.44. The molecule has 3 heterocycles. The third-order valence-electron chi connectivity index (χ3n) is 4.77. The Morgan fingerprint density at radius 1 is 1.19 bits per heavy atom. The summed E-state index contributed by atoms with van der Waals surface area (Å²) in [7, 11) is 3.25. The summed E-state index contributed by atoms with van der Waals surface area (Å²) in [5, 5.41) is 8.22. The van der Waals surface area contributed by atoms with E-state index in [0.717, 1.165) is 54.4 Å². The molecule has 0 saturated carbocycles. The summed E-state index contributed by atoms with van der Waals surface area (Å²) in [6.07, 6.45) is 2.48. The molecule has 0 spiro atoms. The number of hydrogen-bond donors (Lipinski definition) is 1. The molecule has 1 aromatic carbocycles. The number of aromatic nitrogens is 3. The summed E-state index contributed by atoms with van der Waals surface area (Å²) >= 11 is 0. The number of aryl methyl sites for hydroxylation is 1. The Labute approximate surface area is 158 Å². The number of rotatable bonds is 6. The second-order valence-electron chi connectivity index (χ2n) is 6.67. The van der Waals surface area contributed by atoms with Gasteiger partial charge in [-0.2, -0.15) is 9.61 Å². The van der Waals surface area contributed by atoms with Crippen molar-refractivity contribution < 1.29 is 14.2 Å². The molecule has 0 bridgehead atoms. The van der Waals surface area contributed by atoms with Gasteiger partial charge in [0.2, 0.25) is 0 Å². The summed E-state index contributed by atoms with van der Waals surface area (Å²) in [5.41, 5.74) is 3.51. The molecule has 0 amide bonds. The molecule has 0 radical (unpaired) electrons. The monoisotopic (exact) mass is 368 g/mol. The van der Waals surface area contributed by atoms with Crippen LogP contribution in [0.1, 0.15) is 18.5 Å². The van der Waals surface area contributed by atoms with Gasteiger partial charge in [-0.1, -0.05) is 0 Å². The first-order valence-corrected chi connectivity index (χ1v) is 9.13. The highest BCUT2D eigenvalue weighted by atomic mass is 16.5. The SMILES string of the molecule is COc1ccc(-c2cc3nc(C)cc(NCC4CCCO4)n3n2)cc1OC. The molecule has 4 rings (SSSR count). The third-order valence-corrected chi connectivity index (χ3v) is 4.77. The molecule has 1 N–H and O–H groups in total. The Hall–Kier alpha value is -2.80. The van der Waals surface area contributed by atoms with Gasteiger partial charge < -0.3 is 19.5 Å². The molecule has 1 saturated heterocycles. The molecule has 1 fully saturated rings. The van der Waals surface area contributed by atoms with E-state index in [-0.39, 0.29) is 6.10 Å². The summed E-state index contributed by atoms with van der Waals surface area (Å²) in [5.74, 6) is 2.28. The quantitative estimate of drug-likeness (QED) is 0.720. The Morgan fingerprint density at radius 3 is 2.78 bits per heavy atom. The van der Waals surface area contributed by atoms with Gasteiger partial charge in [0.05, 0.1) is 26.0 Å². The lowest BCUT2D eigenvalue weighted by molar-refractivity contribution is 0.120. The van der Waals surface area contributed by atoms with Gasteiger partial charge in [-0.3, -0.25) is 0 Å². The lowest BCUT2D eigenvalue weighted by Crippen LogP contribution is -2.20. The van der Waals surface area contributed by atoms with E-state index < -0.39 is 0 Å². The van der Waals surface area contributed by atoms with Crippen molar-refractivity contribution >= 4 is 11.5 Å². The maximum Gasteiger partial charge on any atom is 0.161 e. The predicted molar refractivity (Wildman–Crippen MR) is 104 cm³/mol. The van der Waals surface area contributed by atoms with E-state index in [1.807, 2.05) is 41.8 Å². The van der Waals surface area contributed by atoms with Gasteiger partial charge in [0.1, 0.15) is 5.82 Å². The molecule has 7 heteroatoms. The number of benzene rings is 1. The number of nitrogens with one attached hydrogen (secondary N) is 1. The molecule has 1 aliphatic rings. The van der Waals surface area contributed by atoms with E-state index in [2.05, 4.69) is 10.3 Å². The number of anilines is 1. The fourth-order valence-electron chi connectivity index (χ4n) is 3.39. The lowest BCUT2D eigenvalue weighted by atomic mass is 10.1. The Balaban J connectivity index is 1.68. The second-order valence-corrected chi connectivity index (χ2v) is 6.67. The van der Waals surface area contributed by atoms with Crippen molar-refractivity contribution in [2.24, 2.45) is 0 Å². The number of fused-ring (bicyclic) bond motifs is 1. The number of methoxy groups -OCH3 is 2. The summed E-state index contributed by atoms with van der Waals surface area (Å²) < 4.78 is 18.3. The van der Waals surface area contributed by atoms with Crippen LogP contribution >= 0.6 is 0 Å². The number of hydrogen-bond acceptors (Lipinski definition) is 6. The van der Waals surface area contributed by atoms with Crippen LogP contribution in [0.5, 0.6) is 11.5 Å². The van der Waals surface area contributed by atoms with Gasteiger partial charge in [-0.05, 0) is 38.0 Å². The molecule has 1 unspecified atom stereocenters. The van der Waals surface area contributed by atoms with Crippen LogP contribution in [0.3, 0.4) is 0 Å². The number of nitrogens with zero attached hydrogens (tertiary/aromatic N) is 3. The van der Waals surface area contributed by atoms with Crippen LogP contribution in [0.15, 0.2) is 30.3 Å². The van der Waals surface area contributed by atoms with Crippen LogP contribution in [0.2, 0.25) is 0 Å². The highest BCUT2D eigenvalue weighted by Gasteiger charge is 2.17. The Bertz CT molecular complexity index is 948. The van der Waals surface area contributed by atoms with Crippen molar-refractivity contribution in [2.45, 2.75) is 25.9 Å². The smallest absolute Gasteiger partial charge is 0.161 e. The molecule has 142 valence electrons. The van der Waals surface area contributed by atoms with Crippen molar-refractivity contribution in [1.29, 1.82) is 0 Å². The normalized spacial score (nSPS) is 16.6. The van der Waals surface area contributed by atoms with Crippen molar-refractivity contribution in [3.63, 3.8) is 0 Å². The van der Waals surface area contributed by atoms with E-state index in [4.69, 9.17) is 19.3 Å². The minimum Gasteiger partial charge on any atom is -0.493 e. The summed E-state index contributed by atoms with van der Waals surface area (Å²) in [6.45, 7) is 3.60. The average molecular weight is 368 g/mol. The van der Waals surface area contributed by atoms with Crippen LogP contribution in [0, 0.1) is 6.92 Å². The highest BCUT2D eigenvalue weighted by molar-refractivity contribution is 5.68. The van der Waals surface area contributed by atoms with Gasteiger partial charge in [0.25, 0.3) is 0 Å². The number of ether oxygens (including phenoxy) is 3. The van der Waals surface area contributed by atoms with E-state index in [1.165, 1.54) is 0 Å². The maximum atomic E-state index is 5.71. The predicted octanol–water partition coefficient (Wildman–Crippen LogP) is 3.31. The molecule has 0 aliphatic carbocycles. The fraction of sp³-hybridized carbons (Fsp3) is 0.400. The van der Waals surface area contributed by atoms with Gasteiger partial charge >= 0.3 is 0 Å². The van der Waals surface area contributed by atoms with Gasteiger partial charge in [0.15, 0.2) is 17.1 Å².